The molecule has 4 heterocycles. The minimum Gasteiger partial charge on any atom is -0.338 e. The minimum atomic E-state index is 0.0267. The molecule has 0 atom stereocenters. The second kappa shape index (κ2) is 8.65. The predicted molar refractivity (Wildman–Crippen MR) is 112 cm³/mol. The number of carbonyl (C=O) groups excluding carboxylic acids is 1. The highest BCUT2D eigenvalue weighted by Crippen LogP contribution is 2.27. The van der Waals surface area contributed by atoms with Crippen molar-refractivity contribution >= 4 is 28.4 Å². The van der Waals surface area contributed by atoms with Gasteiger partial charge < -0.3 is 10.2 Å². The van der Waals surface area contributed by atoms with Gasteiger partial charge in [-0.25, -0.2) is 19.7 Å². The van der Waals surface area contributed by atoms with Gasteiger partial charge in [0.25, 0.3) is 0 Å². The number of hydrogen-bond donors (Lipinski definition) is 1. The topological polar surface area (TPSA) is 71.0 Å². The number of carbonyl (C=O) groups is 1. The van der Waals surface area contributed by atoms with Gasteiger partial charge in [0.15, 0.2) is 5.65 Å². The van der Waals surface area contributed by atoms with Gasteiger partial charge in [-0.05, 0) is 43.5 Å². The molecule has 1 aliphatic rings. The zero-order chi connectivity index (χ0) is 19.3. The van der Waals surface area contributed by atoms with Crippen molar-refractivity contribution in [3.05, 3.63) is 52.2 Å². The highest BCUT2D eigenvalue weighted by Gasteiger charge is 2.24. The highest BCUT2D eigenvalue weighted by atomic mass is 32.1. The molecule has 7 heteroatoms. The molecule has 0 saturated carbocycles. The fraction of sp³-hybridized carbons (Fsp3) is 0.429. The molecule has 28 heavy (non-hydrogen) atoms. The molecule has 1 saturated heterocycles. The van der Waals surface area contributed by atoms with Crippen LogP contribution in [0.25, 0.3) is 11.0 Å². The Bertz CT molecular complexity index is 949. The quantitative estimate of drug-likeness (QED) is 0.714. The molecular formula is C21H25N5OS. The van der Waals surface area contributed by atoms with E-state index in [4.69, 9.17) is 4.98 Å². The Labute approximate surface area is 169 Å². The fourth-order valence-electron chi connectivity index (χ4n) is 3.59. The molecule has 0 radical (unpaired) electrons. The number of piperidine rings is 1. The molecule has 2 amide bonds. The lowest BCUT2D eigenvalue weighted by molar-refractivity contribution is 0.181. The molecule has 1 N–H and O–H groups in total. The standard InChI is InChI=1S/C21H25N5OS/c1-2-17-14-24-19(28-17)7-11-23-21(27)26-12-8-15(9-13-26)18-6-5-16-4-3-10-22-20(16)25-18/h3-6,10,14-15H,2,7-9,11-13H2,1H3,(H,23,27). The number of urea groups is 1. The molecule has 3 aromatic rings. The molecule has 146 valence electrons. The van der Waals surface area contributed by atoms with Gasteiger partial charge in [0.1, 0.15) is 0 Å². The molecule has 1 fully saturated rings. The zero-order valence-electron chi connectivity index (χ0n) is 16.1. The third-order valence-corrected chi connectivity index (χ3v) is 6.45. The van der Waals surface area contributed by atoms with Crippen molar-refractivity contribution in [1.82, 2.24) is 25.2 Å². The number of rotatable bonds is 5. The Morgan fingerprint density at radius 2 is 2.11 bits per heavy atom. The van der Waals surface area contributed by atoms with E-state index in [1.54, 1.807) is 17.5 Å². The Hall–Kier alpha value is -2.54. The van der Waals surface area contributed by atoms with Gasteiger partial charge in [0.05, 0.1) is 5.01 Å². The van der Waals surface area contributed by atoms with Gasteiger partial charge in [-0.2, -0.15) is 0 Å². The second-order valence-electron chi connectivity index (χ2n) is 7.10. The number of nitrogens with one attached hydrogen (secondary N) is 1. The van der Waals surface area contributed by atoms with Gasteiger partial charge >= 0.3 is 6.03 Å². The largest absolute Gasteiger partial charge is 0.338 e. The zero-order valence-corrected chi connectivity index (χ0v) is 16.9. The van der Waals surface area contributed by atoms with Crippen LogP contribution in [0.5, 0.6) is 0 Å². The second-order valence-corrected chi connectivity index (χ2v) is 8.30. The Morgan fingerprint density at radius 3 is 2.89 bits per heavy atom. The van der Waals surface area contributed by atoms with Gasteiger partial charge in [0.2, 0.25) is 0 Å². The number of amides is 2. The van der Waals surface area contributed by atoms with E-state index in [2.05, 4.69) is 34.3 Å². The minimum absolute atomic E-state index is 0.0267. The molecule has 0 unspecified atom stereocenters. The molecule has 1 aliphatic heterocycles. The normalized spacial score (nSPS) is 15.1. The van der Waals surface area contributed by atoms with E-state index in [0.717, 1.165) is 60.5 Å². The van der Waals surface area contributed by atoms with Crippen LogP contribution in [0.15, 0.2) is 36.7 Å². The molecule has 3 aromatic heterocycles. The molecular weight excluding hydrogens is 370 g/mol. The van der Waals surface area contributed by atoms with E-state index in [1.807, 2.05) is 23.2 Å². The summed E-state index contributed by atoms with van der Waals surface area (Å²) in [5.41, 5.74) is 1.88. The van der Waals surface area contributed by atoms with E-state index in [-0.39, 0.29) is 6.03 Å². The Morgan fingerprint density at radius 1 is 1.25 bits per heavy atom. The van der Waals surface area contributed by atoms with Gasteiger partial charge in [0, 0.05) is 60.3 Å². The average molecular weight is 396 g/mol. The molecule has 6 nitrogen and oxygen atoms in total. The lowest BCUT2D eigenvalue weighted by atomic mass is 9.93. The average Bonchev–Trinajstić information content (AvgIpc) is 3.21. The lowest BCUT2D eigenvalue weighted by Crippen LogP contribution is -2.44. The van der Waals surface area contributed by atoms with Crippen LogP contribution in [0, 0.1) is 0 Å². The maximum atomic E-state index is 12.4. The van der Waals surface area contributed by atoms with Crippen molar-refractivity contribution in [1.29, 1.82) is 0 Å². The maximum Gasteiger partial charge on any atom is 0.317 e. The summed E-state index contributed by atoms with van der Waals surface area (Å²) < 4.78 is 0. The van der Waals surface area contributed by atoms with Crippen LogP contribution >= 0.6 is 11.3 Å². The number of fused-ring (bicyclic) bond motifs is 1. The molecule has 0 spiro atoms. The van der Waals surface area contributed by atoms with Crippen LogP contribution < -0.4 is 5.32 Å². The fourth-order valence-corrected chi connectivity index (χ4v) is 4.45. The summed E-state index contributed by atoms with van der Waals surface area (Å²) in [4.78, 5) is 29.1. The summed E-state index contributed by atoms with van der Waals surface area (Å²) in [6.45, 7) is 4.28. The number of aromatic nitrogens is 3. The summed E-state index contributed by atoms with van der Waals surface area (Å²) in [5.74, 6) is 0.387. The first-order valence-electron chi connectivity index (χ1n) is 9.91. The van der Waals surface area contributed by atoms with E-state index >= 15 is 0 Å². The van der Waals surface area contributed by atoms with Gasteiger partial charge in [-0.15, -0.1) is 11.3 Å². The molecule has 0 aliphatic carbocycles. The predicted octanol–water partition coefficient (Wildman–Crippen LogP) is 3.78. The first-order chi connectivity index (χ1) is 13.7. The van der Waals surface area contributed by atoms with E-state index in [0.29, 0.717) is 12.5 Å². The summed E-state index contributed by atoms with van der Waals surface area (Å²) in [6.07, 6.45) is 7.39. The van der Waals surface area contributed by atoms with Crippen LogP contribution in [-0.4, -0.2) is 45.5 Å². The third-order valence-electron chi connectivity index (χ3n) is 5.25. The van der Waals surface area contributed by atoms with Crippen molar-refractivity contribution in [3.8, 4) is 0 Å². The van der Waals surface area contributed by atoms with E-state index in [1.165, 1.54) is 4.88 Å². The van der Waals surface area contributed by atoms with Gasteiger partial charge in [-0.1, -0.05) is 6.92 Å². The van der Waals surface area contributed by atoms with Crippen LogP contribution in [0.1, 0.15) is 41.3 Å². The molecule has 4 rings (SSSR count). The van der Waals surface area contributed by atoms with Crippen LogP contribution in [0.3, 0.4) is 0 Å². The van der Waals surface area contributed by atoms with E-state index < -0.39 is 0 Å². The lowest BCUT2D eigenvalue weighted by Gasteiger charge is -2.31. The van der Waals surface area contributed by atoms with Crippen molar-refractivity contribution in [2.75, 3.05) is 19.6 Å². The third kappa shape index (κ3) is 4.30. The summed E-state index contributed by atoms with van der Waals surface area (Å²) in [5, 5.41) is 5.19. The SMILES string of the molecule is CCc1cnc(CCNC(=O)N2CCC(c3ccc4cccnc4n3)CC2)s1. The summed E-state index contributed by atoms with van der Waals surface area (Å²) in [6, 6.07) is 8.17. The molecule has 0 bridgehead atoms. The number of likely N-dealkylation sites (tertiary alicyclic amines) is 1. The van der Waals surface area contributed by atoms with Crippen LogP contribution in [-0.2, 0) is 12.8 Å². The number of nitrogens with zero attached hydrogens (tertiary/aromatic N) is 4. The summed E-state index contributed by atoms with van der Waals surface area (Å²) in [7, 11) is 0. The molecule has 0 aromatic carbocycles. The van der Waals surface area contributed by atoms with Crippen molar-refractivity contribution in [2.24, 2.45) is 0 Å². The number of hydrogen-bond acceptors (Lipinski definition) is 5. The highest BCUT2D eigenvalue weighted by molar-refractivity contribution is 7.11. The number of pyridine rings is 2. The van der Waals surface area contributed by atoms with Crippen LogP contribution in [0.4, 0.5) is 4.79 Å². The monoisotopic (exact) mass is 395 g/mol. The first kappa shape index (κ1) is 18.8. The van der Waals surface area contributed by atoms with Gasteiger partial charge in [-0.3, -0.25) is 0 Å². The first-order valence-corrected chi connectivity index (χ1v) is 10.7. The smallest absolute Gasteiger partial charge is 0.317 e. The summed E-state index contributed by atoms with van der Waals surface area (Å²) >= 11 is 1.73. The number of aryl methyl sites for hydroxylation is 1. The Kier molecular flexibility index (Phi) is 5.81. The van der Waals surface area contributed by atoms with Crippen molar-refractivity contribution < 1.29 is 4.79 Å². The van der Waals surface area contributed by atoms with E-state index in [9.17, 15) is 4.79 Å². The number of thiazole rings is 1. The van der Waals surface area contributed by atoms with Crippen LogP contribution in [0.2, 0.25) is 0 Å². The van der Waals surface area contributed by atoms with Crippen molar-refractivity contribution in [3.63, 3.8) is 0 Å². The Balaban J connectivity index is 1.26. The van der Waals surface area contributed by atoms with Crippen molar-refractivity contribution in [2.45, 2.75) is 38.5 Å². The maximum absolute atomic E-state index is 12.4.